The molecule has 1 N–H and O–H groups in total. The smallest absolute Gasteiger partial charge is 0.169 e. The van der Waals surface area contributed by atoms with Gasteiger partial charge in [0, 0.05) is 28.0 Å². The van der Waals surface area contributed by atoms with E-state index in [1.54, 1.807) is 11.3 Å². The topological polar surface area (TPSA) is 28.2 Å². The van der Waals surface area contributed by atoms with Crippen LogP contribution in [0.15, 0.2) is 40.3 Å². The van der Waals surface area contributed by atoms with Gasteiger partial charge < -0.3 is 10.2 Å². The van der Waals surface area contributed by atoms with Crippen LogP contribution in [0.25, 0.3) is 0 Å². The molecule has 2 aromatic heterocycles. The number of rotatable bonds is 2. The van der Waals surface area contributed by atoms with Crippen molar-refractivity contribution in [2.45, 2.75) is 12.1 Å². The van der Waals surface area contributed by atoms with Gasteiger partial charge in [-0.25, -0.2) is 0 Å². The predicted molar refractivity (Wildman–Crippen MR) is 85.2 cm³/mol. The predicted octanol–water partition coefficient (Wildman–Crippen LogP) is 3.51. The number of nitrogens with zero attached hydrogens (tertiary/aromatic N) is 2. The summed E-state index contributed by atoms with van der Waals surface area (Å²) in [5, 5.41) is 6.23. The monoisotopic (exact) mass is 353 g/mol. The molecule has 6 heteroatoms. The van der Waals surface area contributed by atoms with E-state index in [1.807, 2.05) is 31.4 Å². The van der Waals surface area contributed by atoms with Crippen LogP contribution in [0.4, 0.5) is 0 Å². The highest BCUT2D eigenvalue weighted by atomic mass is 79.9. The molecule has 3 rings (SSSR count). The lowest BCUT2D eigenvalue weighted by Gasteiger charge is -2.22. The molecule has 2 aromatic rings. The van der Waals surface area contributed by atoms with Crippen LogP contribution in [0.5, 0.6) is 0 Å². The van der Waals surface area contributed by atoms with Crippen molar-refractivity contribution in [1.29, 1.82) is 0 Å². The Bertz CT molecular complexity index is 599. The van der Waals surface area contributed by atoms with E-state index >= 15 is 0 Å². The van der Waals surface area contributed by atoms with Crippen LogP contribution in [0.3, 0.4) is 0 Å². The van der Waals surface area contributed by atoms with Crippen LogP contribution in [-0.2, 0) is 0 Å². The van der Waals surface area contributed by atoms with Gasteiger partial charge in [-0.2, -0.15) is 0 Å². The van der Waals surface area contributed by atoms with Gasteiger partial charge >= 0.3 is 0 Å². The molecule has 1 aliphatic rings. The summed E-state index contributed by atoms with van der Waals surface area (Å²) in [6.07, 6.45) is 1.82. The lowest BCUT2D eigenvalue weighted by atomic mass is 10.0. The zero-order valence-electron chi connectivity index (χ0n) is 10.2. The van der Waals surface area contributed by atoms with E-state index in [0.29, 0.717) is 0 Å². The summed E-state index contributed by atoms with van der Waals surface area (Å²) < 4.78 is 1.11. The number of likely N-dealkylation sites (N-methyl/N-ethyl adjacent to an activating group) is 1. The van der Waals surface area contributed by atoms with Crippen LogP contribution in [0, 0.1) is 0 Å². The highest BCUT2D eigenvalue weighted by Crippen LogP contribution is 2.40. The average molecular weight is 354 g/mol. The molecule has 1 aliphatic heterocycles. The Kier molecular flexibility index (Phi) is 3.56. The van der Waals surface area contributed by atoms with E-state index in [4.69, 9.17) is 12.2 Å². The normalized spacial score (nSPS) is 22.6. The lowest BCUT2D eigenvalue weighted by molar-refractivity contribution is 0.374. The molecule has 2 atom stereocenters. The molecule has 19 heavy (non-hydrogen) atoms. The second kappa shape index (κ2) is 5.19. The van der Waals surface area contributed by atoms with Crippen LogP contribution < -0.4 is 5.32 Å². The van der Waals surface area contributed by atoms with Crippen molar-refractivity contribution in [3.8, 4) is 0 Å². The van der Waals surface area contributed by atoms with E-state index in [-0.39, 0.29) is 12.1 Å². The number of thiophene rings is 1. The number of pyridine rings is 1. The maximum Gasteiger partial charge on any atom is 0.169 e. The van der Waals surface area contributed by atoms with Crippen LogP contribution >= 0.6 is 39.5 Å². The molecule has 1 fully saturated rings. The molecule has 0 aromatic carbocycles. The van der Waals surface area contributed by atoms with Gasteiger partial charge in [0.25, 0.3) is 0 Å². The van der Waals surface area contributed by atoms with E-state index in [0.717, 1.165) is 15.3 Å². The number of thiocarbonyl (C=S) groups is 1. The van der Waals surface area contributed by atoms with Crippen molar-refractivity contribution < 1.29 is 0 Å². The third-order valence-electron chi connectivity index (χ3n) is 3.22. The number of aromatic nitrogens is 1. The van der Waals surface area contributed by atoms with Crippen molar-refractivity contribution in [3.05, 3.63) is 50.9 Å². The summed E-state index contributed by atoms with van der Waals surface area (Å²) in [7, 11) is 2.02. The van der Waals surface area contributed by atoms with Gasteiger partial charge in [-0.15, -0.1) is 11.3 Å². The number of halogens is 1. The largest absolute Gasteiger partial charge is 0.352 e. The summed E-state index contributed by atoms with van der Waals surface area (Å²) in [6.45, 7) is 0. The van der Waals surface area contributed by atoms with Gasteiger partial charge in [0.15, 0.2) is 5.11 Å². The van der Waals surface area contributed by atoms with Gasteiger partial charge in [0.2, 0.25) is 0 Å². The third-order valence-corrected chi connectivity index (χ3v) is 5.39. The fourth-order valence-electron chi connectivity index (χ4n) is 2.30. The molecule has 0 aliphatic carbocycles. The van der Waals surface area contributed by atoms with E-state index < -0.39 is 0 Å². The summed E-state index contributed by atoms with van der Waals surface area (Å²) in [4.78, 5) is 7.84. The van der Waals surface area contributed by atoms with Gasteiger partial charge in [-0.05, 0) is 46.3 Å². The number of hydrogen-bond acceptors (Lipinski definition) is 3. The van der Waals surface area contributed by atoms with Crippen molar-refractivity contribution >= 4 is 44.6 Å². The summed E-state index contributed by atoms with van der Waals surface area (Å²) in [6, 6.07) is 8.42. The molecule has 0 bridgehead atoms. The van der Waals surface area contributed by atoms with E-state index in [2.05, 4.69) is 42.6 Å². The van der Waals surface area contributed by atoms with Gasteiger partial charge in [0.1, 0.15) is 0 Å². The first-order chi connectivity index (χ1) is 9.16. The first kappa shape index (κ1) is 13.0. The Hall–Kier alpha value is -0.980. The molecule has 0 radical (unpaired) electrons. The van der Waals surface area contributed by atoms with Gasteiger partial charge in [-0.1, -0.05) is 6.07 Å². The molecular formula is C13H12BrN3S2. The van der Waals surface area contributed by atoms with Crippen LogP contribution in [-0.4, -0.2) is 22.0 Å². The summed E-state index contributed by atoms with van der Waals surface area (Å²) in [5.74, 6) is 0. The Morgan fingerprint density at radius 1 is 1.47 bits per heavy atom. The van der Waals surface area contributed by atoms with Gasteiger partial charge in [-0.3, -0.25) is 4.98 Å². The standard InChI is InChI=1S/C13H12BrN3S2/c1-17-12(10-6-8(14)7-19-10)11(16-13(17)18)9-4-2-3-5-15-9/h2-7,11-12H,1H3,(H,16,18)/t11-,12+/m0/s1. The minimum atomic E-state index is 0.101. The zero-order valence-corrected chi connectivity index (χ0v) is 13.4. The fourth-order valence-corrected chi connectivity index (χ4v) is 4.16. The Balaban J connectivity index is 2.01. The minimum absolute atomic E-state index is 0.101. The molecule has 0 spiro atoms. The summed E-state index contributed by atoms with van der Waals surface area (Å²) in [5.41, 5.74) is 1.02. The highest BCUT2D eigenvalue weighted by molar-refractivity contribution is 9.10. The second-order valence-corrected chi connectivity index (χ2v) is 6.65. The Morgan fingerprint density at radius 3 is 2.95 bits per heavy atom. The van der Waals surface area contributed by atoms with Crippen LogP contribution in [0.2, 0.25) is 0 Å². The quantitative estimate of drug-likeness (QED) is 0.836. The minimum Gasteiger partial charge on any atom is -0.352 e. The van der Waals surface area contributed by atoms with E-state index in [1.165, 1.54) is 4.88 Å². The van der Waals surface area contributed by atoms with Crippen molar-refractivity contribution in [3.63, 3.8) is 0 Å². The maximum atomic E-state index is 5.38. The molecule has 0 saturated carbocycles. The number of nitrogens with one attached hydrogen (secondary N) is 1. The first-order valence-electron chi connectivity index (χ1n) is 5.85. The van der Waals surface area contributed by atoms with Crippen molar-refractivity contribution in [1.82, 2.24) is 15.2 Å². The highest BCUT2D eigenvalue weighted by Gasteiger charge is 2.38. The van der Waals surface area contributed by atoms with Crippen molar-refractivity contribution in [2.75, 3.05) is 7.05 Å². The Morgan fingerprint density at radius 2 is 2.32 bits per heavy atom. The second-order valence-electron chi connectivity index (χ2n) is 4.40. The first-order valence-corrected chi connectivity index (χ1v) is 7.93. The molecule has 98 valence electrons. The summed E-state index contributed by atoms with van der Waals surface area (Å²) >= 11 is 10.6. The molecule has 0 unspecified atom stereocenters. The average Bonchev–Trinajstić information content (AvgIpc) is 2.96. The molecular weight excluding hydrogens is 342 g/mol. The molecule has 1 saturated heterocycles. The lowest BCUT2D eigenvalue weighted by Crippen LogP contribution is -2.24. The SMILES string of the molecule is CN1C(=S)N[C@@H](c2ccccn2)[C@H]1c1cc(Br)cs1. The Labute approximate surface area is 129 Å². The molecule has 3 nitrogen and oxygen atoms in total. The third kappa shape index (κ3) is 2.40. The van der Waals surface area contributed by atoms with Crippen LogP contribution in [0.1, 0.15) is 22.7 Å². The van der Waals surface area contributed by atoms with E-state index in [9.17, 15) is 0 Å². The maximum absolute atomic E-state index is 5.38. The fraction of sp³-hybridized carbons (Fsp3) is 0.231. The van der Waals surface area contributed by atoms with Gasteiger partial charge in [0.05, 0.1) is 17.8 Å². The zero-order chi connectivity index (χ0) is 13.4. The molecule has 3 heterocycles. The number of hydrogen-bond donors (Lipinski definition) is 1. The molecule has 0 amide bonds. The van der Waals surface area contributed by atoms with Crippen molar-refractivity contribution in [2.24, 2.45) is 0 Å².